The molecule has 1 aromatic rings. The second-order valence-corrected chi connectivity index (χ2v) is 7.86. The van der Waals surface area contributed by atoms with E-state index in [4.69, 9.17) is 5.14 Å². The SMILES string of the molecule is NS(=O)(=O)c1ccc(CNS(=O)(=O)C2CC2)cc1. The van der Waals surface area contributed by atoms with Gasteiger partial charge < -0.3 is 0 Å². The second kappa shape index (κ2) is 4.61. The monoisotopic (exact) mass is 290 g/mol. The van der Waals surface area contributed by atoms with Gasteiger partial charge in [0.15, 0.2) is 0 Å². The zero-order chi connectivity index (χ0) is 13.4. The maximum Gasteiger partial charge on any atom is 0.238 e. The first kappa shape index (κ1) is 13.5. The quantitative estimate of drug-likeness (QED) is 0.790. The molecule has 0 saturated heterocycles. The standard InChI is InChI=1S/C10H14N2O4S2/c11-17(13,14)9-3-1-8(2-4-9)7-12-18(15,16)10-5-6-10/h1-4,10,12H,5-7H2,(H2,11,13,14). The molecular formula is C10H14N2O4S2. The summed E-state index contributed by atoms with van der Waals surface area (Å²) >= 11 is 0. The first-order valence-electron chi connectivity index (χ1n) is 5.39. The van der Waals surface area contributed by atoms with Crippen LogP contribution < -0.4 is 9.86 Å². The van der Waals surface area contributed by atoms with Crippen molar-refractivity contribution in [2.24, 2.45) is 5.14 Å². The van der Waals surface area contributed by atoms with E-state index >= 15 is 0 Å². The van der Waals surface area contributed by atoms with Crippen LogP contribution in [0.5, 0.6) is 0 Å². The Morgan fingerprint density at radius 2 is 1.67 bits per heavy atom. The minimum Gasteiger partial charge on any atom is -0.225 e. The van der Waals surface area contributed by atoms with Crippen molar-refractivity contribution in [3.8, 4) is 0 Å². The van der Waals surface area contributed by atoms with Crippen molar-refractivity contribution in [1.82, 2.24) is 4.72 Å². The number of nitrogens with one attached hydrogen (secondary N) is 1. The molecule has 1 aromatic carbocycles. The van der Waals surface area contributed by atoms with E-state index in [1.807, 2.05) is 0 Å². The molecule has 0 heterocycles. The summed E-state index contributed by atoms with van der Waals surface area (Å²) in [5.41, 5.74) is 0.687. The van der Waals surface area contributed by atoms with Gasteiger partial charge in [0.05, 0.1) is 10.1 Å². The van der Waals surface area contributed by atoms with E-state index < -0.39 is 20.0 Å². The highest BCUT2D eigenvalue weighted by Crippen LogP contribution is 2.27. The fourth-order valence-electron chi connectivity index (χ4n) is 1.48. The highest BCUT2D eigenvalue weighted by molar-refractivity contribution is 7.90. The Kier molecular flexibility index (Phi) is 3.45. The second-order valence-electron chi connectivity index (χ2n) is 4.25. The van der Waals surface area contributed by atoms with Crippen LogP contribution in [0.4, 0.5) is 0 Å². The summed E-state index contributed by atoms with van der Waals surface area (Å²) in [5.74, 6) is 0. The van der Waals surface area contributed by atoms with E-state index in [9.17, 15) is 16.8 Å². The summed E-state index contributed by atoms with van der Waals surface area (Å²) in [7, 11) is -6.92. The minimum absolute atomic E-state index is 0.0105. The van der Waals surface area contributed by atoms with Gasteiger partial charge >= 0.3 is 0 Å². The summed E-state index contributed by atoms with van der Waals surface area (Å²) in [6.45, 7) is 0.156. The van der Waals surface area contributed by atoms with E-state index in [1.54, 1.807) is 0 Å². The lowest BCUT2D eigenvalue weighted by Gasteiger charge is -2.06. The van der Waals surface area contributed by atoms with Crippen LogP contribution in [0, 0.1) is 0 Å². The van der Waals surface area contributed by atoms with Crippen LogP contribution in [0.25, 0.3) is 0 Å². The van der Waals surface area contributed by atoms with Crippen molar-refractivity contribution >= 4 is 20.0 Å². The third-order valence-corrected chi connectivity index (χ3v) is 5.52. The summed E-state index contributed by atoms with van der Waals surface area (Å²) in [4.78, 5) is 0.0105. The summed E-state index contributed by atoms with van der Waals surface area (Å²) in [6, 6.07) is 5.79. The van der Waals surface area contributed by atoms with Crippen LogP contribution in [0.3, 0.4) is 0 Å². The van der Waals surface area contributed by atoms with Gasteiger partial charge in [-0.3, -0.25) is 0 Å². The van der Waals surface area contributed by atoms with E-state index in [-0.39, 0.29) is 16.7 Å². The van der Waals surface area contributed by atoms with Crippen molar-refractivity contribution in [1.29, 1.82) is 0 Å². The molecule has 6 nitrogen and oxygen atoms in total. The topological polar surface area (TPSA) is 106 Å². The lowest BCUT2D eigenvalue weighted by Crippen LogP contribution is -2.26. The zero-order valence-corrected chi connectivity index (χ0v) is 11.2. The third kappa shape index (κ3) is 3.29. The Morgan fingerprint density at radius 3 is 2.11 bits per heavy atom. The van der Waals surface area contributed by atoms with Gasteiger partial charge in [0.2, 0.25) is 20.0 Å². The Hall–Kier alpha value is -0.960. The molecule has 1 aliphatic rings. The van der Waals surface area contributed by atoms with Crippen molar-refractivity contribution in [2.75, 3.05) is 0 Å². The van der Waals surface area contributed by atoms with Gasteiger partial charge in [-0.25, -0.2) is 26.7 Å². The molecule has 0 unspecified atom stereocenters. The molecule has 0 atom stereocenters. The molecule has 18 heavy (non-hydrogen) atoms. The fourth-order valence-corrected chi connectivity index (χ4v) is 3.35. The molecule has 2 rings (SSSR count). The maximum absolute atomic E-state index is 11.6. The van der Waals surface area contributed by atoms with Crippen LogP contribution in [0.2, 0.25) is 0 Å². The Labute approximate surface area is 106 Å². The zero-order valence-electron chi connectivity index (χ0n) is 9.53. The van der Waals surface area contributed by atoms with E-state index in [1.165, 1.54) is 24.3 Å². The lowest BCUT2D eigenvalue weighted by molar-refractivity contribution is 0.579. The molecule has 0 radical (unpaired) electrons. The molecule has 0 aromatic heterocycles. The smallest absolute Gasteiger partial charge is 0.225 e. The van der Waals surface area contributed by atoms with Crippen LogP contribution in [-0.2, 0) is 26.6 Å². The van der Waals surface area contributed by atoms with Gasteiger partial charge in [-0.1, -0.05) is 12.1 Å². The van der Waals surface area contributed by atoms with Gasteiger partial charge in [0.1, 0.15) is 0 Å². The number of hydrogen-bond donors (Lipinski definition) is 2. The predicted molar refractivity (Wildman–Crippen MR) is 66.6 cm³/mol. The molecule has 0 spiro atoms. The Morgan fingerprint density at radius 1 is 1.11 bits per heavy atom. The fraction of sp³-hybridized carbons (Fsp3) is 0.400. The number of nitrogens with two attached hydrogens (primary N) is 1. The van der Waals surface area contributed by atoms with Gasteiger partial charge in [-0.2, -0.15) is 0 Å². The molecule has 0 amide bonds. The number of hydrogen-bond acceptors (Lipinski definition) is 4. The molecule has 0 aliphatic heterocycles. The summed E-state index contributed by atoms with van der Waals surface area (Å²) in [6.07, 6.45) is 1.42. The van der Waals surface area contributed by atoms with E-state index in [0.717, 1.165) is 0 Å². The lowest BCUT2D eigenvalue weighted by atomic mass is 10.2. The summed E-state index contributed by atoms with van der Waals surface area (Å²) in [5, 5.41) is 4.70. The molecule has 1 aliphatic carbocycles. The van der Waals surface area contributed by atoms with Crippen molar-refractivity contribution in [3.63, 3.8) is 0 Å². The molecule has 8 heteroatoms. The first-order chi connectivity index (χ1) is 8.29. The number of rotatable bonds is 5. The van der Waals surface area contributed by atoms with E-state index in [2.05, 4.69) is 4.72 Å². The largest absolute Gasteiger partial charge is 0.238 e. The van der Waals surface area contributed by atoms with Crippen LogP contribution in [0.15, 0.2) is 29.2 Å². The van der Waals surface area contributed by atoms with Crippen LogP contribution in [0.1, 0.15) is 18.4 Å². The van der Waals surface area contributed by atoms with Crippen LogP contribution >= 0.6 is 0 Å². The highest BCUT2D eigenvalue weighted by Gasteiger charge is 2.35. The highest BCUT2D eigenvalue weighted by atomic mass is 32.2. The van der Waals surface area contributed by atoms with E-state index in [0.29, 0.717) is 18.4 Å². The average molecular weight is 290 g/mol. The van der Waals surface area contributed by atoms with Gasteiger partial charge in [0.25, 0.3) is 0 Å². The summed E-state index contributed by atoms with van der Waals surface area (Å²) < 4.78 is 47.7. The third-order valence-electron chi connectivity index (χ3n) is 2.69. The molecule has 0 bridgehead atoms. The molecule has 100 valence electrons. The molecular weight excluding hydrogens is 276 g/mol. The number of sulfonamides is 2. The van der Waals surface area contributed by atoms with Crippen molar-refractivity contribution < 1.29 is 16.8 Å². The van der Waals surface area contributed by atoms with Crippen LogP contribution in [-0.4, -0.2) is 22.1 Å². The van der Waals surface area contributed by atoms with Gasteiger partial charge in [-0.15, -0.1) is 0 Å². The van der Waals surface area contributed by atoms with Gasteiger partial charge in [-0.05, 0) is 30.5 Å². The average Bonchev–Trinajstić information content (AvgIpc) is 3.10. The van der Waals surface area contributed by atoms with Crippen molar-refractivity contribution in [2.45, 2.75) is 29.5 Å². The molecule has 3 N–H and O–H groups in total. The minimum atomic E-state index is -3.71. The Bertz CT molecular complexity index is 631. The number of benzene rings is 1. The number of primary sulfonamides is 1. The first-order valence-corrected chi connectivity index (χ1v) is 8.48. The molecule has 1 fully saturated rings. The Balaban J connectivity index is 2.03. The molecule has 1 saturated carbocycles. The normalized spacial score (nSPS) is 16.7. The van der Waals surface area contributed by atoms with Gasteiger partial charge in [0, 0.05) is 6.54 Å². The van der Waals surface area contributed by atoms with Crippen molar-refractivity contribution in [3.05, 3.63) is 29.8 Å². The maximum atomic E-state index is 11.6. The predicted octanol–water partition coefficient (Wildman–Crippen LogP) is -0.0842.